The number of methoxy groups -OCH3 is 1. The predicted octanol–water partition coefficient (Wildman–Crippen LogP) is 7.36. The summed E-state index contributed by atoms with van der Waals surface area (Å²) in [5, 5.41) is 3.68. The minimum Gasteiger partial charge on any atom is -0.496 e. The Labute approximate surface area is 195 Å². The van der Waals surface area contributed by atoms with Gasteiger partial charge in [0.25, 0.3) is 0 Å². The highest BCUT2D eigenvalue weighted by Gasteiger charge is 2.36. The first-order valence-corrected chi connectivity index (χ1v) is 11.5. The van der Waals surface area contributed by atoms with Crippen molar-refractivity contribution in [3.8, 4) is 16.9 Å². The van der Waals surface area contributed by atoms with Crippen molar-refractivity contribution in [1.29, 1.82) is 0 Å². The van der Waals surface area contributed by atoms with Crippen molar-refractivity contribution in [2.24, 2.45) is 0 Å². The van der Waals surface area contributed by atoms with Gasteiger partial charge in [-0.2, -0.15) is 0 Å². The van der Waals surface area contributed by atoms with Crippen LogP contribution in [0.1, 0.15) is 51.3 Å². The third-order valence-electron chi connectivity index (χ3n) is 6.61. The second-order valence-electron chi connectivity index (χ2n) is 10.6. The van der Waals surface area contributed by atoms with E-state index in [1.165, 1.54) is 40.2 Å². The molecule has 4 heteroatoms. The van der Waals surface area contributed by atoms with Gasteiger partial charge in [-0.25, -0.2) is 4.39 Å². The first-order valence-electron chi connectivity index (χ1n) is 11.5. The minimum absolute atomic E-state index is 0.0716. The van der Waals surface area contributed by atoms with Crippen LogP contribution in [0, 0.1) is 5.82 Å². The normalized spacial score (nSPS) is 16.2. The van der Waals surface area contributed by atoms with E-state index in [1.807, 2.05) is 6.07 Å². The van der Waals surface area contributed by atoms with Gasteiger partial charge in [-0.15, -0.1) is 0 Å². The molecule has 0 atom stereocenters. The molecule has 170 valence electrons. The van der Waals surface area contributed by atoms with Crippen LogP contribution in [0.2, 0.25) is 0 Å². The first-order chi connectivity index (χ1) is 15.6. The van der Waals surface area contributed by atoms with E-state index in [1.54, 1.807) is 7.11 Å². The Balaban J connectivity index is 1.70. The minimum atomic E-state index is -0.297. The first kappa shape index (κ1) is 21.6. The average molecular weight is 443 g/mol. The van der Waals surface area contributed by atoms with E-state index in [-0.39, 0.29) is 16.8 Å². The summed E-state index contributed by atoms with van der Waals surface area (Å²) < 4.78 is 19.5. The van der Waals surface area contributed by atoms with Crippen molar-refractivity contribution in [2.45, 2.75) is 52.1 Å². The summed E-state index contributed by atoms with van der Waals surface area (Å²) in [7, 11) is 1.59. The lowest BCUT2D eigenvalue weighted by Gasteiger charge is -2.33. The maximum absolute atomic E-state index is 13.9. The fourth-order valence-electron chi connectivity index (χ4n) is 4.97. The number of hydrogen-bond donors (Lipinski definition) is 1. The molecule has 0 bridgehead atoms. The molecule has 0 amide bonds. The Kier molecular flexibility index (Phi) is 4.82. The van der Waals surface area contributed by atoms with Gasteiger partial charge in [-0.1, -0.05) is 39.0 Å². The van der Waals surface area contributed by atoms with E-state index < -0.39 is 0 Å². The van der Waals surface area contributed by atoms with E-state index in [2.05, 4.69) is 87.3 Å². The zero-order chi connectivity index (χ0) is 23.5. The van der Waals surface area contributed by atoms with E-state index in [4.69, 9.17) is 4.74 Å². The van der Waals surface area contributed by atoms with Gasteiger partial charge in [-0.3, -0.25) is 0 Å². The number of hydrogen-bond acceptors (Lipinski definition) is 3. The largest absolute Gasteiger partial charge is 0.496 e. The quantitative estimate of drug-likeness (QED) is 0.458. The topological polar surface area (TPSA) is 24.5 Å². The molecule has 3 aromatic carbocycles. The molecule has 0 unspecified atom stereocenters. The molecule has 2 aliphatic heterocycles. The summed E-state index contributed by atoms with van der Waals surface area (Å²) in [6.07, 6.45) is 2.32. The number of rotatable bonds is 3. The van der Waals surface area contributed by atoms with Gasteiger partial charge in [0.05, 0.1) is 12.6 Å². The molecule has 0 fully saturated rings. The summed E-state index contributed by atoms with van der Waals surface area (Å²) in [6.45, 7) is 11.9. The van der Waals surface area contributed by atoms with Gasteiger partial charge in [0.1, 0.15) is 11.6 Å². The van der Waals surface area contributed by atoms with Crippen LogP contribution in [-0.4, -0.2) is 12.6 Å². The van der Waals surface area contributed by atoms with Gasteiger partial charge >= 0.3 is 0 Å². The SMILES string of the molecule is COc1cc(F)ccc1-c1ccc2c3c1CN(c1cccc(C(C)(C)C)c1)C3=CC(C)(C)N2. The fourth-order valence-corrected chi connectivity index (χ4v) is 4.97. The molecule has 33 heavy (non-hydrogen) atoms. The van der Waals surface area contributed by atoms with Crippen LogP contribution in [0.5, 0.6) is 5.75 Å². The van der Waals surface area contributed by atoms with Gasteiger partial charge in [-0.05, 0) is 72.4 Å². The van der Waals surface area contributed by atoms with E-state index in [9.17, 15) is 4.39 Å². The third kappa shape index (κ3) is 3.68. The molecule has 3 nitrogen and oxygen atoms in total. The molecule has 0 saturated carbocycles. The van der Waals surface area contributed by atoms with Crippen molar-refractivity contribution in [1.82, 2.24) is 0 Å². The molecule has 0 spiro atoms. The molecule has 2 heterocycles. The van der Waals surface area contributed by atoms with Crippen LogP contribution in [0.3, 0.4) is 0 Å². The van der Waals surface area contributed by atoms with Crippen molar-refractivity contribution < 1.29 is 9.13 Å². The van der Waals surface area contributed by atoms with E-state index in [0.29, 0.717) is 5.75 Å². The Bertz CT molecular complexity index is 1280. The van der Waals surface area contributed by atoms with Crippen LogP contribution in [-0.2, 0) is 12.0 Å². The van der Waals surface area contributed by atoms with Gasteiger partial charge in [0.2, 0.25) is 0 Å². The fraction of sp³-hybridized carbons (Fsp3) is 0.310. The lowest BCUT2D eigenvalue weighted by atomic mass is 9.87. The second kappa shape index (κ2) is 7.38. The number of benzene rings is 3. The number of nitrogens with zero attached hydrogens (tertiary/aromatic N) is 1. The van der Waals surface area contributed by atoms with Crippen molar-refractivity contribution >= 4 is 17.1 Å². The standard InChI is InChI=1S/C29H31FN2O/c1-28(2,3)18-8-7-9-20(14-18)32-17-23-21(22-11-10-19(30)15-26(22)33-6)12-13-24-27(23)25(32)16-29(4,5)31-24/h7-16,31H,17H2,1-6H3. The van der Waals surface area contributed by atoms with Crippen LogP contribution in [0.15, 0.2) is 60.7 Å². The smallest absolute Gasteiger partial charge is 0.129 e. The highest BCUT2D eigenvalue weighted by atomic mass is 19.1. The number of nitrogens with one attached hydrogen (secondary N) is 1. The highest BCUT2D eigenvalue weighted by Crippen LogP contribution is 2.49. The number of ether oxygens (including phenoxy) is 1. The molecule has 0 aromatic heterocycles. The molecule has 5 rings (SSSR count). The third-order valence-corrected chi connectivity index (χ3v) is 6.61. The summed E-state index contributed by atoms with van der Waals surface area (Å²) in [5.74, 6) is 0.253. The van der Waals surface area contributed by atoms with E-state index >= 15 is 0 Å². The van der Waals surface area contributed by atoms with Crippen LogP contribution in [0.25, 0.3) is 16.8 Å². The highest BCUT2D eigenvalue weighted by molar-refractivity contribution is 5.97. The molecule has 2 aliphatic rings. The summed E-state index contributed by atoms with van der Waals surface area (Å²) in [4.78, 5) is 2.41. The van der Waals surface area contributed by atoms with Gasteiger partial charge in [0, 0.05) is 40.8 Å². The Morgan fingerprint density at radius 1 is 1.00 bits per heavy atom. The zero-order valence-corrected chi connectivity index (χ0v) is 20.2. The molecule has 1 N–H and O–H groups in total. The van der Waals surface area contributed by atoms with Gasteiger partial charge < -0.3 is 15.0 Å². The lowest BCUT2D eigenvalue weighted by Crippen LogP contribution is -2.33. The molecule has 0 aliphatic carbocycles. The number of halogens is 1. The molecule has 0 radical (unpaired) electrons. The van der Waals surface area contributed by atoms with Crippen molar-refractivity contribution in [3.05, 3.63) is 83.2 Å². The second-order valence-corrected chi connectivity index (χ2v) is 10.6. The van der Waals surface area contributed by atoms with E-state index in [0.717, 1.165) is 23.4 Å². The summed E-state index contributed by atoms with van der Waals surface area (Å²) in [6, 6.07) is 17.9. The Morgan fingerprint density at radius 2 is 1.76 bits per heavy atom. The summed E-state index contributed by atoms with van der Waals surface area (Å²) in [5.41, 5.74) is 9.19. The summed E-state index contributed by atoms with van der Waals surface area (Å²) >= 11 is 0. The zero-order valence-electron chi connectivity index (χ0n) is 20.2. The van der Waals surface area contributed by atoms with Crippen molar-refractivity contribution in [3.63, 3.8) is 0 Å². The maximum Gasteiger partial charge on any atom is 0.129 e. The number of anilines is 2. The Morgan fingerprint density at radius 3 is 2.48 bits per heavy atom. The van der Waals surface area contributed by atoms with Crippen molar-refractivity contribution in [2.75, 3.05) is 17.3 Å². The molecular formula is C29H31FN2O. The van der Waals surface area contributed by atoms with Crippen LogP contribution < -0.4 is 15.0 Å². The Hall–Kier alpha value is -3.27. The maximum atomic E-state index is 13.9. The molecular weight excluding hydrogens is 411 g/mol. The monoisotopic (exact) mass is 442 g/mol. The molecule has 0 saturated heterocycles. The van der Waals surface area contributed by atoms with Crippen LogP contribution >= 0.6 is 0 Å². The lowest BCUT2D eigenvalue weighted by molar-refractivity contribution is 0.413. The van der Waals surface area contributed by atoms with Crippen LogP contribution in [0.4, 0.5) is 15.8 Å². The molecule has 3 aromatic rings. The predicted molar refractivity (Wildman–Crippen MR) is 135 cm³/mol. The van der Waals surface area contributed by atoms with Gasteiger partial charge in [0.15, 0.2) is 0 Å². The average Bonchev–Trinajstić information content (AvgIpc) is 3.13.